The molecule has 3 rings (SSSR count). The second-order valence-electron chi connectivity index (χ2n) is 8.75. The summed E-state index contributed by atoms with van der Waals surface area (Å²) in [5.74, 6) is 1.69. The van der Waals surface area contributed by atoms with Crippen LogP contribution in [0.15, 0.2) is 53.5 Å². The van der Waals surface area contributed by atoms with Crippen molar-refractivity contribution in [1.29, 1.82) is 0 Å². The first kappa shape index (κ1) is 27.0. The lowest BCUT2D eigenvalue weighted by atomic mass is 9.69. The van der Waals surface area contributed by atoms with Crippen molar-refractivity contribution < 1.29 is 9.53 Å². The molecule has 2 aromatic rings. The maximum Gasteiger partial charge on any atom is 0.253 e. The van der Waals surface area contributed by atoms with E-state index in [-0.39, 0.29) is 35.3 Å². The SMILES string of the molecule is CN=C(NCc1ccc(C(=O)N(C)C)cc1)NCC1(c2ccc(OC)cc2)CCCCC1.I. The highest BCUT2D eigenvalue weighted by atomic mass is 127. The molecule has 180 valence electrons. The van der Waals surface area contributed by atoms with E-state index in [4.69, 9.17) is 4.74 Å². The van der Waals surface area contributed by atoms with Crippen LogP contribution in [-0.4, -0.2) is 51.6 Å². The molecule has 1 aliphatic rings. The van der Waals surface area contributed by atoms with Crippen molar-refractivity contribution in [1.82, 2.24) is 15.5 Å². The number of rotatable bonds is 7. The first-order chi connectivity index (χ1) is 15.5. The molecule has 0 radical (unpaired) electrons. The first-order valence-electron chi connectivity index (χ1n) is 11.4. The fraction of sp³-hybridized carbons (Fsp3) is 0.462. The van der Waals surface area contributed by atoms with Gasteiger partial charge in [0, 0.05) is 45.2 Å². The summed E-state index contributed by atoms with van der Waals surface area (Å²) in [6, 6.07) is 16.2. The summed E-state index contributed by atoms with van der Waals surface area (Å²) in [6.07, 6.45) is 6.14. The van der Waals surface area contributed by atoms with Crippen molar-refractivity contribution in [2.45, 2.75) is 44.1 Å². The van der Waals surface area contributed by atoms with Gasteiger partial charge in [-0.1, -0.05) is 43.5 Å². The molecule has 2 N–H and O–H groups in total. The zero-order chi connectivity index (χ0) is 23.0. The Labute approximate surface area is 215 Å². The van der Waals surface area contributed by atoms with Gasteiger partial charge in [0.15, 0.2) is 5.96 Å². The van der Waals surface area contributed by atoms with Crippen LogP contribution < -0.4 is 15.4 Å². The van der Waals surface area contributed by atoms with Crippen LogP contribution in [0.25, 0.3) is 0 Å². The second-order valence-corrected chi connectivity index (χ2v) is 8.75. The minimum Gasteiger partial charge on any atom is -0.497 e. The van der Waals surface area contributed by atoms with E-state index in [2.05, 4.69) is 39.9 Å². The number of nitrogens with one attached hydrogen (secondary N) is 2. The van der Waals surface area contributed by atoms with E-state index < -0.39 is 0 Å². The highest BCUT2D eigenvalue weighted by Gasteiger charge is 2.34. The molecule has 0 atom stereocenters. The van der Waals surface area contributed by atoms with Crippen LogP contribution in [0.1, 0.15) is 53.6 Å². The Morgan fingerprint density at radius 2 is 1.64 bits per heavy atom. The third-order valence-corrected chi connectivity index (χ3v) is 6.40. The fourth-order valence-electron chi connectivity index (χ4n) is 4.42. The Morgan fingerprint density at radius 3 is 2.18 bits per heavy atom. The van der Waals surface area contributed by atoms with Gasteiger partial charge in [-0.25, -0.2) is 0 Å². The van der Waals surface area contributed by atoms with E-state index in [0.717, 1.165) is 23.8 Å². The number of carbonyl (C=O) groups excluding carboxylic acids is 1. The molecule has 6 nitrogen and oxygen atoms in total. The third kappa shape index (κ3) is 7.09. The van der Waals surface area contributed by atoms with Crippen LogP contribution in [0.4, 0.5) is 0 Å². The molecule has 1 fully saturated rings. The Kier molecular flexibility index (Phi) is 10.5. The molecule has 0 aromatic heterocycles. The summed E-state index contributed by atoms with van der Waals surface area (Å²) in [4.78, 5) is 18.1. The number of ether oxygens (including phenoxy) is 1. The lowest BCUT2D eigenvalue weighted by molar-refractivity contribution is 0.0827. The summed E-state index contributed by atoms with van der Waals surface area (Å²) in [5, 5.41) is 6.98. The molecule has 0 spiro atoms. The number of aliphatic imine (C=N–C) groups is 1. The largest absolute Gasteiger partial charge is 0.497 e. The van der Waals surface area contributed by atoms with Gasteiger partial charge >= 0.3 is 0 Å². The minimum atomic E-state index is 0. The molecule has 0 bridgehead atoms. The average molecular weight is 565 g/mol. The number of hydrogen-bond donors (Lipinski definition) is 2. The van der Waals surface area contributed by atoms with Gasteiger partial charge in [-0.15, -0.1) is 24.0 Å². The van der Waals surface area contributed by atoms with Crippen molar-refractivity contribution in [2.75, 3.05) is 34.8 Å². The summed E-state index contributed by atoms with van der Waals surface area (Å²) < 4.78 is 5.35. The summed E-state index contributed by atoms with van der Waals surface area (Å²) >= 11 is 0. The molecule has 7 heteroatoms. The van der Waals surface area contributed by atoms with Crippen LogP contribution in [-0.2, 0) is 12.0 Å². The number of halogens is 1. The van der Waals surface area contributed by atoms with E-state index in [1.807, 2.05) is 24.3 Å². The Hall–Kier alpha value is -2.29. The van der Waals surface area contributed by atoms with Gasteiger partial charge < -0.3 is 20.3 Å². The zero-order valence-corrected chi connectivity index (χ0v) is 22.5. The molecule has 0 heterocycles. The van der Waals surface area contributed by atoms with Crippen molar-refractivity contribution in [3.63, 3.8) is 0 Å². The summed E-state index contributed by atoms with van der Waals surface area (Å²) in [7, 11) is 7.03. The Balaban J connectivity index is 0.00000385. The minimum absolute atomic E-state index is 0. The number of carbonyl (C=O) groups is 1. The lowest BCUT2D eigenvalue weighted by Gasteiger charge is -2.38. The molecule has 1 amide bonds. The van der Waals surface area contributed by atoms with Crippen LogP contribution in [0, 0.1) is 0 Å². The number of hydrogen-bond acceptors (Lipinski definition) is 3. The molecule has 0 unspecified atom stereocenters. The molecule has 0 aliphatic heterocycles. The standard InChI is InChI=1S/C26H36N4O2.HI/c1-27-25(28-18-20-8-10-21(11-9-20)24(31)30(2)3)29-19-26(16-6-5-7-17-26)22-12-14-23(32-4)15-13-22;/h8-15H,5-7,16-19H2,1-4H3,(H2,27,28,29);1H. The van der Waals surface area contributed by atoms with Crippen molar-refractivity contribution in [3.8, 4) is 5.75 Å². The maximum atomic E-state index is 12.1. The Morgan fingerprint density at radius 1 is 1.00 bits per heavy atom. The maximum absolute atomic E-state index is 12.1. The molecular formula is C26H37IN4O2. The molecular weight excluding hydrogens is 527 g/mol. The van der Waals surface area contributed by atoms with Gasteiger partial charge in [-0.2, -0.15) is 0 Å². The second kappa shape index (κ2) is 12.8. The fourth-order valence-corrected chi connectivity index (χ4v) is 4.42. The highest BCUT2D eigenvalue weighted by Crippen LogP contribution is 2.39. The third-order valence-electron chi connectivity index (χ3n) is 6.40. The Bertz CT molecular complexity index is 905. The molecule has 1 saturated carbocycles. The zero-order valence-electron chi connectivity index (χ0n) is 20.2. The number of methoxy groups -OCH3 is 1. The van der Waals surface area contributed by atoms with Gasteiger partial charge in [-0.05, 0) is 48.2 Å². The van der Waals surface area contributed by atoms with Gasteiger partial charge in [0.25, 0.3) is 5.91 Å². The monoisotopic (exact) mass is 564 g/mol. The van der Waals surface area contributed by atoms with Crippen molar-refractivity contribution in [2.24, 2.45) is 4.99 Å². The van der Waals surface area contributed by atoms with Gasteiger partial charge in [-0.3, -0.25) is 9.79 Å². The van der Waals surface area contributed by atoms with Crippen LogP contribution in [0.2, 0.25) is 0 Å². The molecule has 33 heavy (non-hydrogen) atoms. The van der Waals surface area contributed by atoms with E-state index in [0.29, 0.717) is 12.1 Å². The van der Waals surface area contributed by atoms with Crippen molar-refractivity contribution >= 4 is 35.8 Å². The topological polar surface area (TPSA) is 66.0 Å². The summed E-state index contributed by atoms with van der Waals surface area (Å²) in [6.45, 7) is 1.49. The van der Waals surface area contributed by atoms with Gasteiger partial charge in [0.1, 0.15) is 5.75 Å². The predicted octanol–water partition coefficient (Wildman–Crippen LogP) is 4.58. The van der Waals surface area contributed by atoms with E-state index in [1.165, 1.54) is 37.7 Å². The van der Waals surface area contributed by atoms with Crippen molar-refractivity contribution in [3.05, 3.63) is 65.2 Å². The predicted molar refractivity (Wildman–Crippen MR) is 146 cm³/mol. The number of benzene rings is 2. The average Bonchev–Trinajstić information content (AvgIpc) is 2.84. The van der Waals surface area contributed by atoms with Crippen LogP contribution in [0.3, 0.4) is 0 Å². The smallest absolute Gasteiger partial charge is 0.253 e. The van der Waals surface area contributed by atoms with E-state index in [9.17, 15) is 4.79 Å². The number of nitrogens with zero attached hydrogens (tertiary/aromatic N) is 2. The molecule has 2 aromatic carbocycles. The highest BCUT2D eigenvalue weighted by molar-refractivity contribution is 14.0. The molecule has 1 aliphatic carbocycles. The quantitative estimate of drug-likeness (QED) is 0.294. The van der Waals surface area contributed by atoms with E-state index >= 15 is 0 Å². The molecule has 0 saturated heterocycles. The van der Waals surface area contributed by atoms with Crippen LogP contribution >= 0.6 is 24.0 Å². The van der Waals surface area contributed by atoms with Crippen LogP contribution in [0.5, 0.6) is 5.75 Å². The van der Waals surface area contributed by atoms with Gasteiger partial charge in [0.05, 0.1) is 7.11 Å². The van der Waals surface area contributed by atoms with Gasteiger partial charge in [0.2, 0.25) is 0 Å². The number of amides is 1. The van der Waals surface area contributed by atoms with E-state index in [1.54, 1.807) is 33.2 Å². The lowest BCUT2D eigenvalue weighted by Crippen LogP contribution is -2.46. The normalized spacial score (nSPS) is 15.2. The number of guanidine groups is 1. The summed E-state index contributed by atoms with van der Waals surface area (Å²) in [5.41, 5.74) is 3.27. The first-order valence-corrected chi connectivity index (χ1v) is 11.4.